The lowest BCUT2D eigenvalue weighted by Gasteiger charge is -2.13. The fraction of sp³-hybridized carbons (Fsp3) is 0.533. The van der Waals surface area contributed by atoms with Crippen molar-refractivity contribution >= 4 is 5.97 Å². The van der Waals surface area contributed by atoms with Gasteiger partial charge in [0.15, 0.2) is 0 Å². The number of carbonyl (C=O) groups is 1. The highest BCUT2D eigenvalue weighted by Gasteiger charge is 2.06. The summed E-state index contributed by atoms with van der Waals surface area (Å²) >= 11 is 0. The highest BCUT2D eigenvalue weighted by Crippen LogP contribution is 2.09. The van der Waals surface area contributed by atoms with E-state index >= 15 is 0 Å². The third-order valence-corrected chi connectivity index (χ3v) is 2.87. The van der Waals surface area contributed by atoms with Crippen molar-refractivity contribution < 1.29 is 14.6 Å². The van der Waals surface area contributed by atoms with Crippen LogP contribution in [0.3, 0.4) is 0 Å². The van der Waals surface area contributed by atoms with E-state index in [2.05, 4.69) is 13.8 Å². The predicted octanol–water partition coefficient (Wildman–Crippen LogP) is 3.52. The van der Waals surface area contributed by atoms with E-state index in [1.165, 1.54) is 12.8 Å². The Balaban J connectivity index is 2.35. The fourth-order valence-corrected chi connectivity index (χ4v) is 1.81. The van der Waals surface area contributed by atoms with Crippen molar-refractivity contribution in [2.24, 2.45) is 0 Å². The molecular formula is C15H22O3. The van der Waals surface area contributed by atoms with E-state index in [1.807, 2.05) is 12.1 Å². The van der Waals surface area contributed by atoms with E-state index in [1.54, 1.807) is 12.1 Å². The Hall–Kier alpha value is -1.35. The van der Waals surface area contributed by atoms with Crippen molar-refractivity contribution in [3.05, 3.63) is 35.4 Å². The van der Waals surface area contributed by atoms with Gasteiger partial charge < -0.3 is 9.84 Å². The molecule has 1 unspecified atom stereocenters. The van der Waals surface area contributed by atoms with Gasteiger partial charge in [0.05, 0.1) is 11.7 Å². The number of hydrogen-bond acceptors (Lipinski definition) is 2. The van der Waals surface area contributed by atoms with E-state index < -0.39 is 5.97 Å². The predicted molar refractivity (Wildman–Crippen MR) is 72.0 cm³/mol. The largest absolute Gasteiger partial charge is 0.478 e. The summed E-state index contributed by atoms with van der Waals surface area (Å²) in [6, 6.07) is 6.99. The highest BCUT2D eigenvalue weighted by atomic mass is 16.5. The zero-order valence-corrected chi connectivity index (χ0v) is 11.2. The molecule has 0 bridgehead atoms. The zero-order valence-electron chi connectivity index (χ0n) is 11.2. The lowest BCUT2D eigenvalue weighted by Crippen LogP contribution is -2.12. The Kier molecular flexibility index (Phi) is 6.44. The Morgan fingerprint density at radius 2 is 1.94 bits per heavy atom. The maximum absolute atomic E-state index is 10.7. The van der Waals surface area contributed by atoms with Gasteiger partial charge in [0, 0.05) is 6.61 Å². The first-order chi connectivity index (χ1) is 8.63. The third kappa shape index (κ3) is 5.32. The normalized spacial score (nSPS) is 12.3. The summed E-state index contributed by atoms with van der Waals surface area (Å²) in [5.74, 6) is -0.884. The van der Waals surface area contributed by atoms with Crippen LogP contribution in [0, 0.1) is 0 Å². The number of benzene rings is 1. The maximum atomic E-state index is 10.7. The van der Waals surface area contributed by atoms with Gasteiger partial charge in [-0.15, -0.1) is 0 Å². The van der Waals surface area contributed by atoms with E-state index in [9.17, 15) is 4.79 Å². The molecule has 1 atom stereocenters. The molecule has 0 amide bonds. The monoisotopic (exact) mass is 250 g/mol. The van der Waals surface area contributed by atoms with Crippen LogP contribution in [-0.4, -0.2) is 23.8 Å². The number of aromatic carboxylic acids is 1. The van der Waals surface area contributed by atoms with Crippen LogP contribution in [0.4, 0.5) is 0 Å². The van der Waals surface area contributed by atoms with Crippen LogP contribution in [0.2, 0.25) is 0 Å². The molecule has 0 aliphatic rings. The minimum atomic E-state index is -0.884. The molecule has 0 spiro atoms. The van der Waals surface area contributed by atoms with Gasteiger partial charge in [0.25, 0.3) is 0 Å². The molecule has 0 aliphatic carbocycles. The minimum absolute atomic E-state index is 0.178. The Morgan fingerprint density at radius 1 is 1.28 bits per heavy atom. The summed E-state index contributed by atoms with van der Waals surface area (Å²) in [7, 11) is 0. The third-order valence-electron chi connectivity index (χ3n) is 2.87. The van der Waals surface area contributed by atoms with Crippen molar-refractivity contribution in [1.82, 2.24) is 0 Å². The van der Waals surface area contributed by atoms with Gasteiger partial charge in [0.2, 0.25) is 0 Å². The number of hydrogen-bond donors (Lipinski definition) is 1. The number of carboxylic acids is 1. The zero-order chi connectivity index (χ0) is 13.4. The summed E-state index contributed by atoms with van der Waals surface area (Å²) < 4.78 is 5.71. The number of unbranched alkanes of at least 4 members (excludes halogenated alkanes) is 2. The van der Waals surface area contributed by atoms with Crippen molar-refractivity contribution in [1.29, 1.82) is 0 Å². The molecule has 3 nitrogen and oxygen atoms in total. The second-order valence-electron chi connectivity index (χ2n) is 4.59. The van der Waals surface area contributed by atoms with E-state index in [0.29, 0.717) is 5.56 Å². The van der Waals surface area contributed by atoms with Crippen LogP contribution in [0.1, 0.15) is 49.0 Å². The lowest BCUT2D eigenvalue weighted by atomic mass is 10.1. The highest BCUT2D eigenvalue weighted by molar-refractivity contribution is 5.87. The number of rotatable bonds is 8. The summed E-state index contributed by atoms with van der Waals surface area (Å²) in [4.78, 5) is 10.7. The second-order valence-corrected chi connectivity index (χ2v) is 4.59. The van der Waals surface area contributed by atoms with Crippen molar-refractivity contribution in [3.8, 4) is 0 Å². The van der Waals surface area contributed by atoms with Crippen LogP contribution in [0.25, 0.3) is 0 Å². The molecule has 0 saturated carbocycles. The van der Waals surface area contributed by atoms with Gasteiger partial charge in [-0.3, -0.25) is 0 Å². The molecule has 1 aromatic carbocycles. The van der Waals surface area contributed by atoms with Gasteiger partial charge in [0.1, 0.15) is 0 Å². The lowest BCUT2D eigenvalue weighted by molar-refractivity contribution is 0.0637. The molecule has 0 fully saturated rings. The van der Waals surface area contributed by atoms with Crippen molar-refractivity contribution in [3.63, 3.8) is 0 Å². The standard InChI is InChI=1S/C15H22O3/c1-3-4-5-10-18-12(2)11-13-6-8-14(9-7-13)15(16)17/h6-9,12H,3-5,10-11H2,1-2H3,(H,16,17). The van der Waals surface area contributed by atoms with E-state index in [4.69, 9.17) is 9.84 Å². The first-order valence-electron chi connectivity index (χ1n) is 6.57. The number of ether oxygens (including phenoxy) is 1. The molecule has 1 N–H and O–H groups in total. The van der Waals surface area contributed by atoms with Gasteiger partial charge >= 0.3 is 5.97 Å². The maximum Gasteiger partial charge on any atom is 0.335 e. The first-order valence-corrected chi connectivity index (χ1v) is 6.57. The van der Waals surface area contributed by atoms with Gasteiger partial charge in [-0.25, -0.2) is 4.79 Å². The van der Waals surface area contributed by atoms with Crippen LogP contribution in [0.15, 0.2) is 24.3 Å². The molecule has 3 heteroatoms. The summed E-state index contributed by atoms with van der Waals surface area (Å²) in [5.41, 5.74) is 1.44. The summed E-state index contributed by atoms with van der Waals surface area (Å²) in [5, 5.41) is 8.80. The van der Waals surface area contributed by atoms with Crippen molar-refractivity contribution in [2.45, 2.75) is 45.6 Å². The van der Waals surface area contributed by atoms with Gasteiger partial charge in [-0.1, -0.05) is 31.9 Å². The molecule has 100 valence electrons. The Labute approximate surface area is 109 Å². The molecule has 0 radical (unpaired) electrons. The van der Waals surface area contributed by atoms with E-state index in [-0.39, 0.29) is 6.10 Å². The quantitative estimate of drug-likeness (QED) is 0.718. The van der Waals surface area contributed by atoms with Gasteiger partial charge in [-0.05, 0) is 37.5 Å². The molecule has 1 aromatic rings. The average Bonchev–Trinajstić information content (AvgIpc) is 2.35. The van der Waals surface area contributed by atoms with Gasteiger partial charge in [-0.2, -0.15) is 0 Å². The second kappa shape index (κ2) is 7.88. The molecule has 0 heterocycles. The average molecular weight is 250 g/mol. The van der Waals surface area contributed by atoms with Crippen LogP contribution >= 0.6 is 0 Å². The molecular weight excluding hydrogens is 228 g/mol. The minimum Gasteiger partial charge on any atom is -0.478 e. The summed E-state index contributed by atoms with van der Waals surface area (Å²) in [6.45, 7) is 5.03. The smallest absolute Gasteiger partial charge is 0.335 e. The molecule has 1 rings (SSSR count). The SMILES string of the molecule is CCCCCOC(C)Cc1ccc(C(=O)O)cc1. The van der Waals surface area contributed by atoms with Crippen LogP contribution in [-0.2, 0) is 11.2 Å². The molecule has 0 saturated heterocycles. The number of carboxylic acid groups (broad SMARTS) is 1. The fourth-order valence-electron chi connectivity index (χ4n) is 1.81. The first kappa shape index (κ1) is 14.7. The Bertz CT molecular complexity index is 357. The Morgan fingerprint density at radius 3 is 2.50 bits per heavy atom. The molecule has 0 aromatic heterocycles. The van der Waals surface area contributed by atoms with E-state index in [0.717, 1.165) is 25.0 Å². The topological polar surface area (TPSA) is 46.5 Å². The van der Waals surface area contributed by atoms with Crippen LogP contribution < -0.4 is 0 Å². The summed E-state index contributed by atoms with van der Waals surface area (Å²) in [6.07, 6.45) is 4.52. The van der Waals surface area contributed by atoms with Crippen molar-refractivity contribution in [2.75, 3.05) is 6.61 Å². The molecule has 18 heavy (non-hydrogen) atoms. The van der Waals surface area contributed by atoms with Crippen LogP contribution in [0.5, 0.6) is 0 Å². The molecule has 0 aliphatic heterocycles.